The molecule has 0 saturated carbocycles. The molecule has 0 bridgehead atoms. The number of carboxylic acids is 1. The number of rotatable bonds is 3. The van der Waals surface area contributed by atoms with E-state index in [4.69, 9.17) is 5.11 Å². The molecule has 1 N–H and O–H groups in total. The van der Waals surface area contributed by atoms with E-state index in [9.17, 15) is 4.79 Å². The molecule has 0 aliphatic carbocycles. The summed E-state index contributed by atoms with van der Waals surface area (Å²) in [4.78, 5) is 10.5. The van der Waals surface area contributed by atoms with Gasteiger partial charge in [-0.05, 0) is 19.4 Å². The molecule has 0 aliphatic heterocycles. The molecule has 0 aromatic heterocycles. The maximum Gasteiger partial charge on any atom is 0.313 e. The van der Waals surface area contributed by atoms with E-state index in [0.717, 1.165) is 0 Å². The van der Waals surface area contributed by atoms with E-state index >= 15 is 0 Å². The second kappa shape index (κ2) is 3.23. The molecule has 1 atom stereocenters. The summed E-state index contributed by atoms with van der Waals surface area (Å²) < 4.78 is 0. The lowest BCUT2D eigenvalue weighted by Gasteiger charge is -2.15. The van der Waals surface area contributed by atoms with E-state index in [0.29, 0.717) is 6.42 Å². The molecule has 0 radical (unpaired) electrons. The van der Waals surface area contributed by atoms with Crippen LogP contribution in [0.1, 0.15) is 20.3 Å². The standard InChI is InChI=1S/C8H12O2/c1-4-6-8(3,5-2)7(9)10/h6H,1,5H2,2-3H3,(H,9,10). The molecule has 10 heavy (non-hydrogen) atoms. The Morgan fingerprint density at radius 1 is 1.90 bits per heavy atom. The maximum absolute atomic E-state index is 10.5. The van der Waals surface area contributed by atoms with Crippen LogP contribution < -0.4 is 0 Å². The van der Waals surface area contributed by atoms with Crippen LogP contribution in [0.25, 0.3) is 0 Å². The molecule has 1 unspecified atom stereocenters. The maximum atomic E-state index is 10.5. The molecule has 0 heterocycles. The average molecular weight is 140 g/mol. The van der Waals surface area contributed by atoms with E-state index in [2.05, 4.69) is 12.3 Å². The zero-order valence-electron chi connectivity index (χ0n) is 6.35. The molecule has 2 nitrogen and oxygen atoms in total. The van der Waals surface area contributed by atoms with Crippen LogP contribution in [0, 0.1) is 5.41 Å². The Morgan fingerprint density at radius 3 is 2.50 bits per heavy atom. The average Bonchev–Trinajstić information content (AvgIpc) is 1.88. The van der Waals surface area contributed by atoms with Gasteiger partial charge in [-0.2, -0.15) is 0 Å². The van der Waals surface area contributed by atoms with E-state index in [1.165, 1.54) is 6.08 Å². The highest BCUT2D eigenvalue weighted by molar-refractivity contribution is 5.76. The first kappa shape index (κ1) is 8.99. The van der Waals surface area contributed by atoms with Crippen LogP contribution in [0.5, 0.6) is 0 Å². The number of carbonyl (C=O) groups is 1. The number of hydrogen-bond acceptors (Lipinski definition) is 1. The Kier molecular flexibility index (Phi) is 2.91. The van der Waals surface area contributed by atoms with Crippen LogP contribution in [0.15, 0.2) is 18.4 Å². The monoisotopic (exact) mass is 140 g/mol. The molecule has 0 amide bonds. The minimum atomic E-state index is -0.828. The molecule has 0 fully saturated rings. The van der Waals surface area contributed by atoms with Crippen molar-refractivity contribution in [2.24, 2.45) is 5.41 Å². The number of aliphatic carboxylic acids is 1. The minimum Gasteiger partial charge on any atom is -0.481 e. The third-order valence-corrected chi connectivity index (χ3v) is 1.64. The minimum absolute atomic E-state index is 0.560. The molecule has 0 rings (SSSR count). The Morgan fingerprint density at radius 2 is 2.40 bits per heavy atom. The van der Waals surface area contributed by atoms with Gasteiger partial charge in [0, 0.05) is 0 Å². The van der Waals surface area contributed by atoms with E-state index in [1.54, 1.807) is 6.92 Å². The Labute approximate surface area is 60.9 Å². The van der Waals surface area contributed by atoms with Crippen LogP contribution in [-0.4, -0.2) is 11.1 Å². The molecule has 56 valence electrons. The van der Waals surface area contributed by atoms with Gasteiger partial charge in [0.05, 0.1) is 5.41 Å². The highest BCUT2D eigenvalue weighted by Crippen LogP contribution is 2.21. The zero-order chi connectivity index (χ0) is 8.20. The van der Waals surface area contributed by atoms with Crippen molar-refractivity contribution >= 4 is 5.97 Å². The summed E-state index contributed by atoms with van der Waals surface area (Å²) in [7, 11) is 0. The highest BCUT2D eigenvalue weighted by Gasteiger charge is 2.27. The van der Waals surface area contributed by atoms with Gasteiger partial charge in [0.1, 0.15) is 0 Å². The summed E-state index contributed by atoms with van der Waals surface area (Å²) in [6.45, 7) is 6.80. The number of carboxylic acid groups (broad SMARTS) is 1. The van der Waals surface area contributed by atoms with Gasteiger partial charge in [-0.25, -0.2) is 0 Å². The van der Waals surface area contributed by atoms with Crippen molar-refractivity contribution < 1.29 is 9.90 Å². The summed E-state index contributed by atoms with van der Waals surface area (Å²) in [6.07, 6.45) is 2.04. The smallest absolute Gasteiger partial charge is 0.313 e. The third-order valence-electron chi connectivity index (χ3n) is 1.64. The largest absolute Gasteiger partial charge is 0.481 e. The highest BCUT2D eigenvalue weighted by atomic mass is 16.4. The van der Waals surface area contributed by atoms with E-state index < -0.39 is 11.4 Å². The first-order chi connectivity index (χ1) is 4.56. The van der Waals surface area contributed by atoms with Crippen LogP contribution in [0.3, 0.4) is 0 Å². The fourth-order valence-electron chi connectivity index (χ4n) is 0.540. The van der Waals surface area contributed by atoms with Crippen molar-refractivity contribution in [2.75, 3.05) is 0 Å². The zero-order valence-corrected chi connectivity index (χ0v) is 6.35. The van der Waals surface area contributed by atoms with Gasteiger partial charge in [-0.3, -0.25) is 4.79 Å². The number of hydrogen-bond donors (Lipinski definition) is 1. The lowest BCUT2D eigenvalue weighted by molar-refractivity contribution is -0.145. The van der Waals surface area contributed by atoms with Crippen LogP contribution >= 0.6 is 0 Å². The molecular formula is C8H12O2. The van der Waals surface area contributed by atoms with Gasteiger partial charge < -0.3 is 5.11 Å². The Bertz CT molecular complexity index is 174. The van der Waals surface area contributed by atoms with Crippen LogP contribution in [-0.2, 0) is 4.79 Å². The van der Waals surface area contributed by atoms with Crippen molar-refractivity contribution in [3.63, 3.8) is 0 Å². The fourth-order valence-corrected chi connectivity index (χ4v) is 0.540. The summed E-state index contributed by atoms with van der Waals surface area (Å²) in [5.74, 6) is -0.828. The second-order valence-electron chi connectivity index (χ2n) is 2.42. The van der Waals surface area contributed by atoms with Crippen molar-refractivity contribution in [3.05, 3.63) is 18.4 Å². The van der Waals surface area contributed by atoms with Gasteiger partial charge in [0.15, 0.2) is 0 Å². The third kappa shape index (κ3) is 1.74. The fraction of sp³-hybridized carbons (Fsp3) is 0.500. The van der Waals surface area contributed by atoms with Crippen molar-refractivity contribution in [3.8, 4) is 0 Å². The van der Waals surface area contributed by atoms with Gasteiger partial charge in [-0.1, -0.05) is 13.5 Å². The first-order valence-corrected chi connectivity index (χ1v) is 3.17. The lowest BCUT2D eigenvalue weighted by atomic mass is 9.88. The topological polar surface area (TPSA) is 37.3 Å². The van der Waals surface area contributed by atoms with Crippen LogP contribution in [0.4, 0.5) is 0 Å². The Hall–Kier alpha value is -1.01. The normalized spacial score (nSPS) is 15.0. The summed E-state index contributed by atoms with van der Waals surface area (Å²) >= 11 is 0. The Balaban J connectivity index is 4.54. The molecular weight excluding hydrogens is 128 g/mol. The molecule has 0 aromatic rings. The van der Waals surface area contributed by atoms with E-state index in [1.807, 2.05) is 6.92 Å². The lowest BCUT2D eigenvalue weighted by Crippen LogP contribution is -2.23. The molecule has 0 aliphatic rings. The van der Waals surface area contributed by atoms with E-state index in [-0.39, 0.29) is 0 Å². The SMILES string of the molecule is C=C=CC(C)(CC)C(=O)O. The van der Waals surface area contributed by atoms with Crippen molar-refractivity contribution in [1.82, 2.24) is 0 Å². The van der Waals surface area contributed by atoms with Gasteiger partial charge in [0.25, 0.3) is 0 Å². The quantitative estimate of drug-likeness (QED) is 0.607. The predicted octanol–water partition coefficient (Wildman–Crippen LogP) is 1.83. The van der Waals surface area contributed by atoms with Crippen LogP contribution in [0.2, 0.25) is 0 Å². The first-order valence-electron chi connectivity index (χ1n) is 3.17. The molecule has 0 saturated heterocycles. The molecule has 0 spiro atoms. The molecule has 2 heteroatoms. The van der Waals surface area contributed by atoms with Crippen molar-refractivity contribution in [1.29, 1.82) is 0 Å². The van der Waals surface area contributed by atoms with Gasteiger partial charge >= 0.3 is 5.97 Å². The summed E-state index contributed by atoms with van der Waals surface area (Å²) in [5.41, 5.74) is 1.69. The summed E-state index contributed by atoms with van der Waals surface area (Å²) in [5, 5.41) is 8.66. The second-order valence-corrected chi connectivity index (χ2v) is 2.42. The van der Waals surface area contributed by atoms with Gasteiger partial charge in [0.2, 0.25) is 0 Å². The molecule has 0 aromatic carbocycles. The van der Waals surface area contributed by atoms with Crippen molar-refractivity contribution in [2.45, 2.75) is 20.3 Å². The predicted molar refractivity (Wildman–Crippen MR) is 39.7 cm³/mol. The van der Waals surface area contributed by atoms with Gasteiger partial charge in [-0.15, -0.1) is 5.73 Å². The summed E-state index contributed by atoms with van der Waals surface area (Å²) in [6, 6.07) is 0.